The van der Waals surface area contributed by atoms with E-state index >= 15 is 0 Å². The molecule has 11 heteroatoms. The number of carbonyl (C=O) groups excluding carboxylic acids is 2. The number of carbonyl (C=O) groups is 2. The van der Waals surface area contributed by atoms with E-state index in [0.29, 0.717) is 12.8 Å². The van der Waals surface area contributed by atoms with Gasteiger partial charge in [-0.25, -0.2) is 0 Å². The molecule has 0 aromatic rings. The van der Waals surface area contributed by atoms with Gasteiger partial charge in [0.15, 0.2) is 12.4 Å². The van der Waals surface area contributed by atoms with Gasteiger partial charge in [0.2, 0.25) is 5.91 Å². The molecule has 1 aliphatic heterocycles. The third-order valence-corrected chi connectivity index (χ3v) is 14.8. The Morgan fingerprint density at radius 1 is 0.494 bits per heavy atom. The van der Waals surface area contributed by atoms with Crippen LogP contribution in [0.1, 0.15) is 271 Å². The second-order valence-electron chi connectivity index (χ2n) is 22.1. The average molecular weight is 1110 g/mol. The van der Waals surface area contributed by atoms with E-state index in [1.54, 1.807) is 6.08 Å². The zero-order valence-electron chi connectivity index (χ0n) is 50.5. The monoisotopic (exact) mass is 1110 g/mol. The number of unbranched alkanes of at least 4 members (excludes halogenated alkanes) is 28. The lowest BCUT2D eigenvalue weighted by molar-refractivity contribution is -0.305. The van der Waals surface area contributed by atoms with Crippen molar-refractivity contribution in [2.45, 2.75) is 320 Å². The van der Waals surface area contributed by atoms with Gasteiger partial charge in [-0.3, -0.25) is 9.59 Å². The van der Waals surface area contributed by atoms with Gasteiger partial charge in [0.1, 0.15) is 24.4 Å². The van der Waals surface area contributed by atoms with Gasteiger partial charge in [-0.1, -0.05) is 247 Å². The smallest absolute Gasteiger partial charge is 0.306 e. The Morgan fingerprint density at radius 2 is 0.873 bits per heavy atom. The maximum Gasteiger partial charge on any atom is 0.306 e. The number of hydrogen-bond donors (Lipinski definition) is 6. The molecule has 8 atom stereocenters. The second-order valence-corrected chi connectivity index (χ2v) is 22.1. The van der Waals surface area contributed by atoms with Crippen LogP contribution in [-0.2, 0) is 23.8 Å². The lowest BCUT2D eigenvalue weighted by atomic mass is 9.99. The van der Waals surface area contributed by atoms with Crippen molar-refractivity contribution in [2.24, 2.45) is 0 Å². The van der Waals surface area contributed by atoms with Crippen LogP contribution in [0.3, 0.4) is 0 Å². The number of nitrogens with one attached hydrogen (secondary N) is 1. The van der Waals surface area contributed by atoms with Gasteiger partial charge < -0.3 is 45.1 Å². The molecule has 79 heavy (non-hydrogen) atoms. The molecule has 1 aliphatic rings. The van der Waals surface area contributed by atoms with E-state index in [9.17, 15) is 35.1 Å². The van der Waals surface area contributed by atoms with Crippen molar-refractivity contribution in [3.05, 3.63) is 85.1 Å². The van der Waals surface area contributed by atoms with E-state index in [-0.39, 0.29) is 19.4 Å². The molecule has 1 heterocycles. The Morgan fingerprint density at radius 3 is 1.33 bits per heavy atom. The number of amides is 1. The number of rotatable bonds is 54. The van der Waals surface area contributed by atoms with Crippen LogP contribution in [0.5, 0.6) is 0 Å². The second kappa shape index (κ2) is 55.4. The predicted molar refractivity (Wildman–Crippen MR) is 329 cm³/mol. The van der Waals surface area contributed by atoms with E-state index in [4.69, 9.17) is 14.2 Å². The molecule has 0 radical (unpaired) electrons. The summed E-state index contributed by atoms with van der Waals surface area (Å²) in [5.74, 6) is -1.23. The minimum atomic E-state index is -1.63. The van der Waals surface area contributed by atoms with E-state index in [1.807, 2.05) is 6.08 Å². The minimum absolute atomic E-state index is 0.0830. The standard InChI is InChI=1S/C68H119NO10/c1-4-7-10-13-16-19-22-24-26-28-30-32-33-35-37-40-43-46-49-52-55-61(72)67(76)69-59(60(71)54-51-48-45-42-39-21-18-15-12-9-6-3)58-77-68-66(65(75)64(74)62(57-70)78-68)79-63(73)56-53-50-47-44-41-38-36-34-31-29-27-25-23-20-17-14-11-8-5-2/h16-17,19-20,24-27,31,34,38,41,51,54,59-62,64-66,68,70-72,74-75H,4-15,18,21-23,28-30,32-33,35-37,39-40,42-50,52-53,55-58H2,1-3H3,(H,69,76)/b19-16-,20-17-,26-24-,27-25-,34-31-,41-38-,54-51+. The molecule has 0 bridgehead atoms. The molecule has 1 fully saturated rings. The number of aliphatic hydroxyl groups is 5. The highest BCUT2D eigenvalue weighted by atomic mass is 16.7. The molecule has 1 saturated heterocycles. The van der Waals surface area contributed by atoms with Crippen molar-refractivity contribution in [3.63, 3.8) is 0 Å². The van der Waals surface area contributed by atoms with Crippen LogP contribution in [0.25, 0.3) is 0 Å². The summed E-state index contributed by atoms with van der Waals surface area (Å²) in [7, 11) is 0. The van der Waals surface area contributed by atoms with E-state index in [1.165, 1.54) is 135 Å². The predicted octanol–water partition coefficient (Wildman–Crippen LogP) is 15.7. The van der Waals surface area contributed by atoms with Gasteiger partial charge in [0, 0.05) is 6.42 Å². The van der Waals surface area contributed by atoms with Crippen molar-refractivity contribution in [1.29, 1.82) is 0 Å². The first-order chi connectivity index (χ1) is 38.7. The molecule has 0 saturated carbocycles. The largest absolute Gasteiger partial charge is 0.454 e. The molecule has 1 amide bonds. The summed E-state index contributed by atoms with van der Waals surface area (Å²) in [5, 5.41) is 57.0. The maximum absolute atomic E-state index is 13.4. The number of esters is 1. The lowest BCUT2D eigenvalue weighted by Gasteiger charge is -2.41. The van der Waals surface area contributed by atoms with Crippen LogP contribution < -0.4 is 5.32 Å². The molecule has 11 nitrogen and oxygen atoms in total. The van der Waals surface area contributed by atoms with Gasteiger partial charge >= 0.3 is 5.97 Å². The number of ether oxygens (including phenoxy) is 3. The van der Waals surface area contributed by atoms with E-state index < -0.39 is 67.4 Å². The summed E-state index contributed by atoms with van der Waals surface area (Å²) in [4.78, 5) is 26.6. The SMILES string of the molecule is CCCCC/C=C\C/C=C\C/C=C\C/C=C\CCCCCC(=O)OC1C(OCC(NC(=O)C(O)CCCCCCCCCCCC/C=C\C/C=C\CCCCC)C(O)/C=C/CCCCCCCCCCC)OC(CO)C(O)C1O. The molecule has 0 aliphatic carbocycles. The van der Waals surface area contributed by atoms with Crippen LogP contribution in [0, 0.1) is 0 Å². The van der Waals surface area contributed by atoms with Crippen molar-refractivity contribution >= 4 is 11.9 Å². The molecule has 6 N–H and O–H groups in total. The molecular formula is C68H119NO10. The lowest BCUT2D eigenvalue weighted by Crippen LogP contribution is -2.61. The maximum atomic E-state index is 13.4. The Hall–Kier alpha value is -3.16. The average Bonchev–Trinajstić information content (AvgIpc) is 3.47. The Labute approximate surface area is 483 Å². The molecule has 0 aromatic heterocycles. The van der Waals surface area contributed by atoms with Gasteiger partial charge in [-0.05, 0) is 103 Å². The number of allylic oxidation sites excluding steroid dienone is 13. The van der Waals surface area contributed by atoms with Crippen molar-refractivity contribution in [1.82, 2.24) is 5.32 Å². The number of hydrogen-bond acceptors (Lipinski definition) is 10. The minimum Gasteiger partial charge on any atom is -0.454 e. The first-order valence-electron chi connectivity index (χ1n) is 32.4. The first-order valence-corrected chi connectivity index (χ1v) is 32.4. The third kappa shape index (κ3) is 43.2. The van der Waals surface area contributed by atoms with Crippen LogP contribution in [-0.4, -0.2) is 99.6 Å². The fourth-order valence-corrected chi connectivity index (χ4v) is 9.61. The molecule has 1 rings (SSSR count). The molecule has 8 unspecified atom stereocenters. The summed E-state index contributed by atoms with van der Waals surface area (Å²) < 4.78 is 17.6. The third-order valence-electron chi connectivity index (χ3n) is 14.8. The number of aliphatic hydroxyl groups excluding tert-OH is 5. The zero-order chi connectivity index (χ0) is 57.5. The fourth-order valence-electron chi connectivity index (χ4n) is 9.61. The summed E-state index contributed by atoms with van der Waals surface area (Å²) >= 11 is 0. The quantitative estimate of drug-likeness (QED) is 0.0195. The van der Waals surface area contributed by atoms with Gasteiger partial charge in [0.05, 0.1) is 25.4 Å². The molecule has 0 aromatic carbocycles. The molecule has 456 valence electrons. The highest BCUT2D eigenvalue weighted by Gasteiger charge is 2.47. The van der Waals surface area contributed by atoms with Gasteiger partial charge in [-0.2, -0.15) is 0 Å². The molecular weight excluding hydrogens is 991 g/mol. The van der Waals surface area contributed by atoms with Crippen LogP contribution in [0.4, 0.5) is 0 Å². The Kier molecular flexibility index (Phi) is 51.8. The van der Waals surface area contributed by atoms with Crippen LogP contribution >= 0.6 is 0 Å². The highest BCUT2D eigenvalue weighted by molar-refractivity contribution is 5.80. The van der Waals surface area contributed by atoms with Crippen molar-refractivity contribution < 1.29 is 49.3 Å². The van der Waals surface area contributed by atoms with Gasteiger partial charge in [0.25, 0.3) is 0 Å². The van der Waals surface area contributed by atoms with E-state index in [0.717, 1.165) is 89.9 Å². The summed E-state index contributed by atoms with van der Waals surface area (Å²) in [6.07, 6.45) is 61.9. The molecule has 0 spiro atoms. The summed E-state index contributed by atoms with van der Waals surface area (Å²) in [5.41, 5.74) is 0. The topological polar surface area (TPSA) is 175 Å². The highest BCUT2D eigenvalue weighted by Crippen LogP contribution is 2.26. The first kappa shape index (κ1) is 73.9. The summed E-state index contributed by atoms with van der Waals surface area (Å²) in [6, 6.07) is -1.04. The van der Waals surface area contributed by atoms with Crippen molar-refractivity contribution in [3.8, 4) is 0 Å². The summed E-state index contributed by atoms with van der Waals surface area (Å²) in [6.45, 7) is 5.72. The fraction of sp³-hybridized carbons (Fsp3) is 0.765. The Bertz CT molecular complexity index is 1610. The van der Waals surface area contributed by atoms with Gasteiger partial charge in [-0.15, -0.1) is 0 Å². The van der Waals surface area contributed by atoms with Crippen LogP contribution in [0.15, 0.2) is 85.1 Å². The zero-order valence-corrected chi connectivity index (χ0v) is 50.5. The Balaban J connectivity index is 2.66. The van der Waals surface area contributed by atoms with Crippen molar-refractivity contribution in [2.75, 3.05) is 13.2 Å². The van der Waals surface area contributed by atoms with E-state index in [2.05, 4.69) is 99.0 Å². The normalized spacial score (nSPS) is 19.4. The van der Waals surface area contributed by atoms with Crippen LogP contribution in [0.2, 0.25) is 0 Å².